The summed E-state index contributed by atoms with van der Waals surface area (Å²) in [5, 5.41) is 0. The first-order valence-corrected chi connectivity index (χ1v) is 8.94. The maximum Gasteiger partial charge on any atom is 0.245 e. The number of hydrogen-bond acceptors (Lipinski definition) is 3. The lowest BCUT2D eigenvalue weighted by Crippen LogP contribution is -2.33. The van der Waals surface area contributed by atoms with E-state index in [2.05, 4.69) is 13.8 Å². The molecular weight excluding hydrogens is 284 g/mol. The molecule has 0 saturated carbocycles. The zero-order valence-corrected chi connectivity index (χ0v) is 14.3. The van der Waals surface area contributed by atoms with Gasteiger partial charge in [-0.3, -0.25) is 0 Å². The van der Waals surface area contributed by atoms with Crippen LogP contribution in [-0.4, -0.2) is 25.8 Å². The van der Waals surface area contributed by atoms with Gasteiger partial charge in [0, 0.05) is 13.1 Å². The van der Waals surface area contributed by atoms with Crippen molar-refractivity contribution in [2.75, 3.05) is 18.8 Å². The molecule has 1 aliphatic rings. The molecule has 0 unspecified atom stereocenters. The summed E-state index contributed by atoms with van der Waals surface area (Å²) >= 11 is 0. The van der Waals surface area contributed by atoms with Crippen LogP contribution in [0.2, 0.25) is 0 Å². The zero-order chi connectivity index (χ0) is 15.8. The van der Waals surface area contributed by atoms with Crippen LogP contribution in [0, 0.1) is 19.3 Å². The Morgan fingerprint density at radius 1 is 1.10 bits per heavy atom. The average Bonchev–Trinajstić information content (AvgIpc) is 2.55. The SMILES string of the molecule is Cc1cc(N)c(S(=O)(=O)N2CCCC(C)(C)CC2)cc1C. The summed E-state index contributed by atoms with van der Waals surface area (Å²) in [7, 11) is -3.50. The normalized spacial score (nSPS) is 20.2. The predicted octanol–water partition coefficient (Wildman–Crippen LogP) is 3.09. The molecule has 118 valence electrons. The number of hydrogen-bond donors (Lipinski definition) is 1. The molecule has 0 spiro atoms. The minimum atomic E-state index is -3.50. The molecule has 1 saturated heterocycles. The molecule has 1 aromatic carbocycles. The Morgan fingerprint density at radius 2 is 1.71 bits per heavy atom. The van der Waals surface area contributed by atoms with E-state index in [4.69, 9.17) is 5.73 Å². The number of rotatable bonds is 2. The molecule has 0 radical (unpaired) electrons. The number of benzene rings is 1. The first kappa shape index (κ1) is 16.3. The largest absolute Gasteiger partial charge is 0.398 e. The van der Waals surface area contributed by atoms with Crippen molar-refractivity contribution in [1.82, 2.24) is 4.31 Å². The van der Waals surface area contributed by atoms with Crippen LogP contribution in [0.5, 0.6) is 0 Å². The lowest BCUT2D eigenvalue weighted by atomic mass is 9.85. The number of aryl methyl sites for hydroxylation is 2. The van der Waals surface area contributed by atoms with E-state index in [1.165, 1.54) is 0 Å². The highest BCUT2D eigenvalue weighted by Gasteiger charge is 2.31. The molecule has 0 aliphatic carbocycles. The number of nitrogens with two attached hydrogens (primary N) is 1. The van der Waals surface area contributed by atoms with Crippen molar-refractivity contribution < 1.29 is 8.42 Å². The standard InChI is InChI=1S/C16H26N2O2S/c1-12-10-14(17)15(11-13(12)2)21(19,20)18-8-5-6-16(3,4)7-9-18/h10-11H,5-9,17H2,1-4H3. The van der Waals surface area contributed by atoms with Crippen molar-refractivity contribution in [3.05, 3.63) is 23.3 Å². The fraction of sp³-hybridized carbons (Fsp3) is 0.625. The van der Waals surface area contributed by atoms with Crippen molar-refractivity contribution in [3.63, 3.8) is 0 Å². The molecule has 2 N–H and O–H groups in total. The molecule has 1 heterocycles. The van der Waals surface area contributed by atoms with Crippen molar-refractivity contribution in [2.45, 2.75) is 51.9 Å². The van der Waals surface area contributed by atoms with Crippen molar-refractivity contribution in [1.29, 1.82) is 0 Å². The minimum absolute atomic E-state index is 0.207. The highest BCUT2D eigenvalue weighted by Crippen LogP contribution is 2.33. The van der Waals surface area contributed by atoms with E-state index in [9.17, 15) is 8.42 Å². The van der Waals surface area contributed by atoms with Crippen LogP contribution in [0.15, 0.2) is 17.0 Å². The molecule has 5 heteroatoms. The van der Waals surface area contributed by atoms with Gasteiger partial charge in [0.1, 0.15) is 4.90 Å². The third kappa shape index (κ3) is 3.40. The second-order valence-electron chi connectivity index (χ2n) is 6.90. The van der Waals surface area contributed by atoms with Crippen molar-refractivity contribution >= 4 is 15.7 Å². The van der Waals surface area contributed by atoms with Gasteiger partial charge in [-0.15, -0.1) is 0 Å². The van der Waals surface area contributed by atoms with E-state index < -0.39 is 10.0 Å². The fourth-order valence-electron chi connectivity index (χ4n) is 2.81. The van der Waals surface area contributed by atoms with Gasteiger partial charge in [-0.05, 0) is 61.8 Å². The summed E-state index contributed by atoms with van der Waals surface area (Å²) in [6.45, 7) is 9.41. The Balaban J connectivity index is 2.36. The highest BCUT2D eigenvalue weighted by molar-refractivity contribution is 7.89. The summed E-state index contributed by atoms with van der Waals surface area (Å²) in [6.07, 6.45) is 2.84. The van der Waals surface area contributed by atoms with E-state index in [0.29, 0.717) is 18.8 Å². The number of nitrogen functional groups attached to an aromatic ring is 1. The van der Waals surface area contributed by atoms with Crippen LogP contribution in [0.1, 0.15) is 44.2 Å². The molecule has 1 fully saturated rings. The second kappa shape index (κ2) is 5.61. The molecule has 0 bridgehead atoms. The Bertz CT molecular complexity index is 636. The summed E-state index contributed by atoms with van der Waals surface area (Å²) in [6, 6.07) is 3.46. The summed E-state index contributed by atoms with van der Waals surface area (Å²) < 4.78 is 27.4. The summed E-state index contributed by atoms with van der Waals surface area (Å²) in [4.78, 5) is 0.255. The third-order valence-corrected chi connectivity index (χ3v) is 6.50. The Morgan fingerprint density at radius 3 is 2.38 bits per heavy atom. The van der Waals surface area contributed by atoms with Crippen molar-refractivity contribution in [2.24, 2.45) is 5.41 Å². The van der Waals surface area contributed by atoms with E-state index in [1.54, 1.807) is 16.4 Å². The van der Waals surface area contributed by atoms with E-state index in [1.807, 2.05) is 13.8 Å². The summed E-state index contributed by atoms with van der Waals surface area (Å²) in [5.41, 5.74) is 8.50. The van der Waals surface area contributed by atoms with Gasteiger partial charge < -0.3 is 5.73 Å². The van der Waals surface area contributed by atoms with Gasteiger partial charge in [-0.2, -0.15) is 4.31 Å². The van der Waals surface area contributed by atoms with Gasteiger partial charge in [0.2, 0.25) is 10.0 Å². The van der Waals surface area contributed by atoms with Gasteiger partial charge in [-0.1, -0.05) is 13.8 Å². The van der Waals surface area contributed by atoms with Crippen LogP contribution in [0.25, 0.3) is 0 Å². The highest BCUT2D eigenvalue weighted by atomic mass is 32.2. The Kier molecular flexibility index (Phi) is 4.36. The van der Waals surface area contributed by atoms with E-state index >= 15 is 0 Å². The molecule has 2 rings (SSSR count). The molecule has 0 atom stereocenters. The van der Waals surface area contributed by atoms with Crippen LogP contribution >= 0.6 is 0 Å². The van der Waals surface area contributed by atoms with Crippen LogP contribution in [0.4, 0.5) is 5.69 Å². The van der Waals surface area contributed by atoms with E-state index in [0.717, 1.165) is 30.4 Å². The van der Waals surface area contributed by atoms with Gasteiger partial charge in [-0.25, -0.2) is 8.42 Å². The Labute approximate surface area is 128 Å². The predicted molar refractivity (Wildman–Crippen MR) is 86.7 cm³/mol. The van der Waals surface area contributed by atoms with Gasteiger partial charge in [0.15, 0.2) is 0 Å². The molecule has 1 aliphatic heterocycles. The second-order valence-corrected chi connectivity index (χ2v) is 8.80. The molecule has 0 amide bonds. The summed E-state index contributed by atoms with van der Waals surface area (Å²) in [5.74, 6) is 0. The topological polar surface area (TPSA) is 63.4 Å². The lowest BCUT2D eigenvalue weighted by molar-refractivity contribution is 0.315. The minimum Gasteiger partial charge on any atom is -0.398 e. The fourth-order valence-corrected chi connectivity index (χ4v) is 4.47. The van der Waals surface area contributed by atoms with E-state index in [-0.39, 0.29) is 10.3 Å². The molecule has 21 heavy (non-hydrogen) atoms. The molecule has 0 aromatic heterocycles. The maximum atomic E-state index is 12.9. The number of sulfonamides is 1. The van der Waals surface area contributed by atoms with Gasteiger partial charge in [0.25, 0.3) is 0 Å². The van der Waals surface area contributed by atoms with Crippen LogP contribution in [-0.2, 0) is 10.0 Å². The van der Waals surface area contributed by atoms with Crippen LogP contribution < -0.4 is 5.73 Å². The Hall–Kier alpha value is -1.07. The third-order valence-electron chi connectivity index (χ3n) is 4.54. The number of anilines is 1. The van der Waals surface area contributed by atoms with Crippen LogP contribution in [0.3, 0.4) is 0 Å². The zero-order valence-electron chi connectivity index (χ0n) is 13.4. The smallest absolute Gasteiger partial charge is 0.245 e. The lowest BCUT2D eigenvalue weighted by Gasteiger charge is -2.24. The first-order valence-electron chi connectivity index (χ1n) is 7.50. The average molecular weight is 310 g/mol. The molecule has 1 aromatic rings. The van der Waals surface area contributed by atoms with Gasteiger partial charge >= 0.3 is 0 Å². The molecule has 4 nitrogen and oxygen atoms in total. The molecular formula is C16H26N2O2S. The van der Waals surface area contributed by atoms with Crippen molar-refractivity contribution in [3.8, 4) is 0 Å². The monoisotopic (exact) mass is 310 g/mol. The number of nitrogens with zero attached hydrogens (tertiary/aromatic N) is 1. The van der Waals surface area contributed by atoms with Gasteiger partial charge in [0.05, 0.1) is 5.69 Å². The quantitative estimate of drug-likeness (QED) is 0.854. The maximum absolute atomic E-state index is 12.9. The first-order chi connectivity index (χ1) is 9.63.